The third kappa shape index (κ3) is 4.39. The Kier molecular flexibility index (Phi) is 5.96. The van der Waals surface area contributed by atoms with E-state index in [0.29, 0.717) is 28.7 Å². The van der Waals surface area contributed by atoms with Gasteiger partial charge in [-0.3, -0.25) is 9.59 Å². The van der Waals surface area contributed by atoms with Gasteiger partial charge in [-0.15, -0.1) is 17.9 Å². The number of carbonyl (C=O) groups excluding carboxylic acids is 2. The van der Waals surface area contributed by atoms with E-state index in [1.54, 1.807) is 6.08 Å². The predicted molar refractivity (Wildman–Crippen MR) is 108 cm³/mol. The summed E-state index contributed by atoms with van der Waals surface area (Å²) < 4.78 is 5.67. The Morgan fingerprint density at radius 3 is 2.93 bits per heavy atom. The molecule has 1 atom stereocenters. The quantitative estimate of drug-likeness (QED) is 0.714. The van der Waals surface area contributed by atoms with E-state index in [-0.39, 0.29) is 12.5 Å². The van der Waals surface area contributed by atoms with Crippen LogP contribution in [0, 0.1) is 5.92 Å². The van der Waals surface area contributed by atoms with Gasteiger partial charge in [0.15, 0.2) is 6.61 Å². The fraction of sp³-hybridized carbons (Fsp3) is 0.333. The van der Waals surface area contributed by atoms with Crippen LogP contribution >= 0.6 is 11.3 Å². The summed E-state index contributed by atoms with van der Waals surface area (Å²) in [5.74, 6) is 0.430. The molecule has 0 spiro atoms. The van der Waals surface area contributed by atoms with Crippen LogP contribution in [0.25, 0.3) is 0 Å². The van der Waals surface area contributed by atoms with Gasteiger partial charge in [-0.05, 0) is 48.8 Å². The van der Waals surface area contributed by atoms with E-state index in [1.807, 2.05) is 24.3 Å². The first-order valence-electron chi connectivity index (χ1n) is 9.05. The number of para-hydroxylation sites is 1. The first kappa shape index (κ1) is 19.2. The van der Waals surface area contributed by atoms with Gasteiger partial charge >= 0.3 is 0 Å². The number of hydrogen-bond donors (Lipinski definition) is 2. The fourth-order valence-electron chi connectivity index (χ4n) is 3.37. The number of benzene rings is 1. The van der Waals surface area contributed by atoms with Crippen LogP contribution in [0.3, 0.4) is 0 Å². The molecule has 27 heavy (non-hydrogen) atoms. The Morgan fingerprint density at radius 1 is 1.41 bits per heavy atom. The molecule has 0 aliphatic heterocycles. The number of nitrogens with two attached hydrogens (primary N) is 1. The summed E-state index contributed by atoms with van der Waals surface area (Å²) in [5.41, 5.74) is 8.02. The van der Waals surface area contributed by atoms with Crippen molar-refractivity contribution < 1.29 is 14.3 Å². The Hall–Kier alpha value is -2.60. The molecule has 3 rings (SSSR count). The average molecular weight is 385 g/mol. The second-order valence-corrected chi connectivity index (χ2v) is 7.96. The van der Waals surface area contributed by atoms with Gasteiger partial charge < -0.3 is 15.8 Å². The molecule has 1 aliphatic rings. The number of carbonyl (C=O) groups is 2. The molecular weight excluding hydrogens is 360 g/mol. The van der Waals surface area contributed by atoms with Gasteiger partial charge in [-0.25, -0.2) is 0 Å². The van der Waals surface area contributed by atoms with Crippen molar-refractivity contribution in [2.75, 3.05) is 11.9 Å². The van der Waals surface area contributed by atoms with Gasteiger partial charge in [0.25, 0.3) is 11.8 Å². The minimum absolute atomic E-state index is 0.134. The molecule has 0 bridgehead atoms. The maximum absolute atomic E-state index is 12.4. The summed E-state index contributed by atoms with van der Waals surface area (Å²) in [7, 11) is 0. The minimum Gasteiger partial charge on any atom is -0.483 e. The summed E-state index contributed by atoms with van der Waals surface area (Å²) in [4.78, 5) is 25.5. The number of thiophene rings is 1. The van der Waals surface area contributed by atoms with Gasteiger partial charge in [0.1, 0.15) is 10.8 Å². The van der Waals surface area contributed by atoms with Crippen LogP contribution in [0.4, 0.5) is 5.00 Å². The van der Waals surface area contributed by atoms with E-state index in [2.05, 4.69) is 18.8 Å². The third-order valence-corrected chi connectivity index (χ3v) is 5.88. The molecular formula is C21H24N2O3S. The van der Waals surface area contributed by atoms with Crippen molar-refractivity contribution in [2.45, 2.75) is 32.6 Å². The number of rotatable bonds is 7. The lowest BCUT2D eigenvalue weighted by atomic mass is 9.88. The van der Waals surface area contributed by atoms with Crippen molar-refractivity contribution in [2.24, 2.45) is 11.7 Å². The summed E-state index contributed by atoms with van der Waals surface area (Å²) >= 11 is 1.45. The number of ether oxygens (including phenoxy) is 1. The van der Waals surface area contributed by atoms with E-state index in [0.717, 1.165) is 35.3 Å². The highest BCUT2D eigenvalue weighted by Crippen LogP contribution is 2.39. The molecule has 1 aliphatic carbocycles. The summed E-state index contributed by atoms with van der Waals surface area (Å²) in [6, 6.07) is 7.54. The maximum atomic E-state index is 12.4. The highest BCUT2D eigenvalue weighted by Gasteiger charge is 2.27. The van der Waals surface area contributed by atoms with Crippen LogP contribution in [-0.4, -0.2) is 18.4 Å². The molecule has 1 unspecified atom stereocenters. The lowest BCUT2D eigenvalue weighted by Gasteiger charge is -2.18. The second-order valence-electron chi connectivity index (χ2n) is 6.86. The van der Waals surface area contributed by atoms with Gasteiger partial charge in [-0.1, -0.05) is 31.2 Å². The number of allylic oxidation sites excluding steroid dienone is 1. The summed E-state index contributed by atoms with van der Waals surface area (Å²) in [6.07, 6.45) is 5.23. The predicted octanol–water partition coefficient (Wildman–Crippen LogP) is 3.72. The number of hydrogen-bond acceptors (Lipinski definition) is 4. The number of amides is 2. The van der Waals surface area contributed by atoms with Gasteiger partial charge in [0, 0.05) is 4.88 Å². The largest absolute Gasteiger partial charge is 0.483 e. The molecule has 0 radical (unpaired) electrons. The van der Waals surface area contributed by atoms with E-state index >= 15 is 0 Å². The van der Waals surface area contributed by atoms with Gasteiger partial charge in [0.05, 0.1) is 5.56 Å². The standard InChI is InChI=1S/C21H24N2O3S/c1-3-6-14-7-4-5-8-16(14)26-12-18(24)23-21-19(20(22)25)15-10-9-13(2)11-17(15)27-21/h3-5,7-8,13H,1,6,9-12H2,2H3,(H2,22,25)(H,23,24). The van der Waals surface area contributed by atoms with Crippen LogP contribution in [0.1, 0.15) is 39.7 Å². The number of primary amides is 1. The van der Waals surface area contributed by atoms with Crippen molar-refractivity contribution in [1.82, 2.24) is 0 Å². The van der Waals surface area contributed by atoms with Crippen molar-refractivity contribution in [3.63, 3.8) is 0 Å². The molecule has 0 saturated heterocycles. The van der Waals surface area contributed by atoms with E-state index in [1.165, 1.54) is 11.3 Å². The van der Waals surface area contributed by atoms with Crippen LogP contribution in [0.15, 0.2) is 36.9 Å². The summed E-state index contributed by atoms with van der Waals surface area (Å²) in [5, 5.41) is 3.36. The van der Waals surface area contributed by atoms with E-state index in [9.17, 15) is 9.59 Å². The Labute approximate surface area is 163 Å². The lowest BCUT2D eigenvalue weighted by molar-refractivity contribution is -0.118. The smallest absolute Gasteiger partial charge is 0.262 e. The molecule has 1 aromatic carbocycles. The van der Waals surface area contributed by atoms with Crippen molar-refractivity contribution in [1.29, 1.82) is 0 Å². The normalized spacial score (nSPS) is 15.7. The Bertz CT molecular complexity index is 872. The van der Waals surface area contributed by atoms with Crippen molar-refractivity contribution in [3.8, 4) is 5.75 Å². The molecule has 3 N–H and O–H groups in total. The first-order chi connectivity index (χ1) is 13.0. The molecule has 0 saturated carbocycles. The fourth-order valence-corrected chi connectivity index (χ4v) is 4.81. The minimum atomic E-state index is -0.491. The Morgan fingerprint density at radius 2 is 2.19 bits per heavy atom. The summed E-state index contributed by atoms with van der Waals surface area (Å²) in [6.45, 7) is 5.79. The van der Waals surface area contributed by atoms with Gasteiger partial charge in [0.2, 0.25) is 0 Å². The van der Waals surface area contributed by atoms with Crippen molar-refractivity contribution >= 4 is 28.2 Å². The van der Waals surface area contributed by atoms with E-state index in [4.69, 9.17) is 10.5 Å². The zero-order chi connectivity index (χ0) is 19.4. The molecule has 6 heteroatoms. The zero-order valence-electron chi connectivity index (χ0n) is 15.4. The van der Waals surface area contributed by atoms with Crippen LogP contribution < -0.4 is 15.8 Å². The molecule has 1 heterocycles. The van der Waals surface area contributed by atoms with Gasteiger partial charge in [-0.2, -0.15) is 0 Å². The first-order valence-corrected chi connectivity index (χ1v) is 9.87. The zero-order valence-corrected chi connectivity index (χ0v) is 16.2. The molecule has 5 nitrogen and oxygen atoms in total. The topological polar surface area (TPSA) is 81.4 Å². The van der Waals surface area contributed by atoms with Crippen LogP contribution in [0.5, 0.6) is 5.75 Å². The van der Waals surface area contributed by atoms with E-state index < -0.39 is 5.91 Å². The third-order valence-electron chi connectivity index (χ3n) is 4.71. The molecule has 142 valence electrons. The molecule has 0 fully saturated rings. The van der Waals surface area contributed by atoms with Crippen LogP contribution in [0.2, 0.25) is 0 Å². The van der Waals surface area contributed by atoms with Crippen molar-refractivity contribution in [3.05, 3.63) is 58.5 Å². The monoisotopic (exact) mass is 384 g/mol. The molecule has 2 amide bonds. The Balaban J connectivity index is 1.71. The average Bonchev–Trinajstić information content (AvgIpc) is 2.98. The number of nitrogens with one attached hydrogen (secondary N) is 1. The second kappa shape index (κ2) is 8.39. The van der Waals surface area contributed by atoms with Crippen LogP contribution in [-0.2, 0) is 24.1 Å². The lowest BCUT2D eigenvalue weighted by Crippen LogP contribution is -2.23. The number of fused-ring (bicyclic) bond motifs is 1. The highest BCUT2D eigenvalue weighted by atomic mass is 32.1. The molecule has 2 aromatic rings. The molecule has 1 aromatic heterocycles. The maximum Gasteiger partial charge on any atom is 0.262 e. The number of anilines is 1. The highest BCUT2D eigenvalue weighted by molar-refractivity contribution is 7.17. The SMILES string of the molecule is C=CCc1ccccc1OCC(=O)Nc1sc2c(c1C(N)=O)CCC(C)C2.